The van der Waals surface area contributed by atoms with Gasteiger partial charge >= 0.3 is 0 Å². The maximum Gasteiger partial charge on any atom is 0.243 e. The molecule has 0 unspecified atom stereocenters. The van der Waals surface area contributed by atoms with Crippen LogP contribution in [0.15, 0.2) is 64.4 Å². The Kier molecular flexibility index (Phi) is 7.58. The molecule has 1 amide bonds. The fourth-order valence-corrected chi connectivity index (χ4v) is 4.18. The van der Waals surface area contributed by atoms with Crippen LogP contribution in [0.4, 0.5) is 0 Å². The zero-order valence-electron chi connectivity index (χ0n) is 15.2. The van der Waals surface area contributed by atoms with Crippen molar-refractivity contribution in [1.82, 2.24) is 9.62 Å². The van der Waals surface area contributed by atoms with E-state index in [1.165, 1.54) is 38.2 Å². The molecule has 0 saturated heterocycles. The fourth-order valence-electron chi connectivity index (χ4n) is 2.26. The van der Waals surface area contributed by atoms with Crippen molar-refractivity contribution in [2.75, 3.05) is 25.9 Å². The highest BCUT2D eigenvalue weighted by atomic mass is 32.2. The summed E-state index contributed by atoms with van der Waals surface area (Å²) in [4.78, 5) is 24.5. The third-order valence-electron chi connectivity index (χ3n) is 3.77. The summed E-state index contributed by atoms with van der Waals surface area (Å²) < 4.78 is 26.0. The first-order valence-corrected chi connectivity index (χ1v) is 10.7. The molecule has 8 heteroatoms. The number of benzene rings is 2. The average molecular weight is 407 g/mol. The highest BCUT2D eigenvalue weighted by Crippen LogP contribution is 2.16. The molecule has 2 aromatic carbocycles. The maximum absolute atomic E-state index is 12.5. The molecule has 0 heterocycles. The van der Waals surface area contributed by atoms with Gasteiger partial charge in [0.15, 0.2) is 5.78 Å². The SMILES string of the molecule is CC(=O)c1ccc(S(=O)(=O)N(C)CC(=O)NCCSc2ccccc2)cc1. The van der Waals surface area contributed by atoms with Gasteiger partial charge in [-0.3, -0.25) is 9.59 Å². The molecule has 0 aromatic heterocycles. The first-order chi connectivity index (χ1) is 12.8. The van der Waals surface area contributed by atoms with E-state index in [1.54, 1.807) is 11.8 Å². The summed E-state index contributed by atoms with van der Waals surface area (Å²) in [5.74, 6) is 0.189. The Morgan fingerprint density at radius 3 is 2.26 bits per heavy atom. The number of amides is 1. The molecule has 0 radical (unpaired) electrons. The van der Waals surface area contributed by atoms with E-state index < -0.39 is 10.0 Å². The van der Waals surface area contributed by atoms with E-state index in [1.807, 2.05) is 30.3 Å². The molecule has 27 heavy (non-hydrogen) atoms. The number of hydrogen-bond donors (Lipinski definition) is 1. The lowest BCUT2D eigenvalue weighted by atomic mass is 10.2. The van der Waals surface area contributed by atoms with Crippen molar-refractivity contribution in [3.8, 4) is 0 Å². The van der Waals surface area contributed by atoms with Crippen LogP contribution in [-0.2, 0) is 14.8 Å². The van der Waals surface area contributed by atoms with Gasteiger partial charge in [-0.2, -0.15) is 4.31 Å². The second-order valence-corrected chi connectivity index (χ2v) is 9.07. The smallest absolute Gasteiger partial charge is 0.243 e. The molecule has 0 bridgehead atoms. The van der Waals surface area contributed by atoms with Crippen LogP contribution < -0.4 is 5.32 Å². The van der Waals surface area contributed by atoms with Gasteiger partial charge in [0.2, 0.25) is 15.9 Å². The van der Waals surface area contributed by atoms with E-state index in [0.29, 0.717) is 17.9 Å². The van der Waals surface area contributed by atoms with Crippen molar-refractivity contribution in [2.45, 2.75) is 16.7 Å². The number of rotatable bonds is 9. The van der Waals surface area contributed by atoms with E-state index in [0.717, 1.165) is 9.20 Å². The van der Waals surface area contributed by atoms with E-state index in [4.69, 9.17) is 0 Å². The van der Waals surface area contributed by atoms with Gasteiger partial charge in [-0.15, -0.1) is 11.8 Å². The van der Waals surface area contributed by atoms with Crippen LogP contribution >= 0.6 is 11.8 Å². The number of carbonyl (C=O) groups is 2. The van der Waals surface area contributed by atoms with E-state index in [-0.39, 0.29) is 23.1 Å². The van der Waals surface area contributed by atoms with Crippen LogP contribution in [0, 0.1) is 0 Å². The molecule has 2 aromatic rings. The first-order valence-electron chi connectivity index (χ1n) is 8.32. The zero-order valence-corrected chi connectivity index (χ0v) is 16.8. The molecule has 0 saturated carbocycles. The van der Waals surface area contributed by atoms with E-state index >= 15 is 0 Å². The van der Waals surface area contributed by atoms with Crippen molar-refractivity contribution < 1.29 is 18.0 Å². The molecule has 6 nitrogen and oxygen atoms in total. The molecule has 0 aliphatic carbocycles. The van der Waals surface area contributed by atoms with Gasteiger partial charge < -0.3 is 5.32 Å². The maximum atomic E-state index is 12.5. The molecular formula is C19H22N2O4S2. The minimum absolute atomic E-state index is 0.0439. The molecule has 144 valence electrons. The normalized spacial score (nSPS) is 11.4. The second kappa shape index (κ2) is 9.68. The lowest BCUT2D eigenvalue weighted by molar-refractivity contribution is -0.121. The molecule has 0 aliphatic heterocycles. The second-order valence-electron chi connectivity index (χ2n) is 5.85. The quantitative estimate of drug-likeness (QED) is 0.393. The van der Waals surface area contributed by atoms with Crippen molar-refractivity contribution in [1.29, 1.82) is 0 Å². The molecular weight excluding hydrogens is 384 g/mol. The number of likely N-dealkylation sites (N-methyl/N-ethyl adjacent to an activating group) is 1. The first kappa shape index (κ1) is 21.1. The largest absolute Gasteiger partial charge is 0.354 e. The number of nitrogens with zero attached hydrogens (tertiary/aromatic N) is 1. The highest BCUT2D eigenvalue weighted by molar-refractivity contribution is 7.99. The number of carbonyl (C=O) groups excluding carboxylic acids is 2. The van der Waals surface area contributed by atoms with Gasteiger partial charge in [-0.05, 0) is 31.2 Å². The van der Waals surface area contributed by atoms with Gasteiger partial charge in [0.25, 0.3) is 0 Å². The Balaban J connectivity index is 1.84. The predicted molar refractivity (Wildman–Crippen MR) is 106 cm³/mol. The van der Waals surface area contributed by atoms with Gasteiger partial charge in [-0.25, -0.2) is 8.42 Å². The Labute approximate surface area is 164 Å². The monoisotopic (exact) mass is 406 g/mol. The van der Waals surface area contributed by atoms with E-state index in [2.05, 4.69) is 5.32 Å². The number of hydrogen-bond acceptors (Lipinski definition) is 5. The van der Waals surface area contributed by atoms with Crippen LogP contribution in [-0.4, -0.2) is 50.3 Å². The van der Waals surface area contributed by atoms with Crippen molar-refractivity contribution in [2.24, 2.45) is 0 Å². The molecule has 2 rings (SSSR count). The average Bonchev–Trinajstić information content (AvgIpc) is 2.66. The summed E-state index contributed by atoms with van der Waals surface area (Å²) in [5.41, 5.74) is 0.435. The summed E-state index contributed by atoms with van der Waals surface area (Å²) >= 11 is 1.61. The minimum Gasteiger partial charge on any atom is -0.354 e. The lowest BCUT2D eigenvalue weighted by Crippen LogP contribution is -2.39. The van der Waals surface area contributed by atoms with Crippen molar-refractivity contribution >= 4 is 33.5 Å². The molecule has 1 N–H and O–H groups in total. The predicted octanol–water partition coefficient (Wildman–Crippen LogP) is 2.42. The standard InChI is InChI=1S/C19H22N2O4S2/c1-15(22)16-8-10-18(11-9-16)27(24,25)21(2)14-19(23)20-12-13-26-17-6-4-3-5-7-17/h3-11H,12-14H2,1-2H3,(H,20,23). The third kappa shape index (κ3) is 6.20. The summed E-state index contributed by atoms with van der Waals surface area (Å²) in [6, 6.07) is 15.5. The summed E-state index contributed by atoms with van der Waals surface area (Å²) in [6.07, 6.45) is 0. The third-order valence-corrected chi connectivity index (χ3v) is 6.60. The van der Waals surface area contributed by atoms with Crippen molar-refractivity contribution in [3.05, 3.63) is 60.2 Å². The number of thioether (sulfide) groups is 1. The van der Waals surface area contributed by atoms with Crippen LogP contribution in [0.1, 0.15) is 17.3 Å². The summed E-state index contributed by atoms with van der Waals surface area (Å²) in [5, 5.41) is 2.72. The zero-order chi connectivity index (χ0) is 19.9. The van der Waals surface area contributed by atoms with Crippen LogP contribution in [0.2, 0.25) is 0 Å². The Morgan fingerprint density at radius 1 is 1.04 bits per heavy atom. The Bertz CT molecular complexity index is 882. The number of ketones is 1. The molecule has 0 aliphatic rings. The molecule has 0 spiro atoms. The van der Waals surface area contributed by atoms with Crippen LogP contribution in [0.3, 0.4) is 0 Å². The van der Waals surface area contributed by atoms with Gasteiger partial charge in [0.1, 0.15) is 0 Å². The molecule has 0 atom stereocenters. The Hall–Kier alpha value is -2.16. The Morgan fingerprint density at radius 2 is 1.67 bits per heavy atom. The lowest BCUT2D eigenvalue weighted by Gasteiger charge is -2.17. The minimum atomic E-state index is -3.79. The molecule has 0 fully saturated rings. The number of Topliss-reactive ketones (excluding diaryl/α,β-unsaturated/α-hetero) is 1. The van der Waals surface area contributed by atoms with Crippen LogP contribution in [0.5, 0.6) is 0 Å². The van der Waals surface area contributed by atoms with Gasteiger partial charge in [-0.1, -0.05) is 30.3 Å². The van der Waals surface area contributed by atoms with Crippen LogP contribution in [0.25, 0.3) is 0 Å². The number of sulfonamides is 1. The van der Waals surface area contributed by atoms with Gasteiger partial charge in [0.05, 0.1) is 11.4 Å². The topological polar surface area (TPSA) is 83.6 Å². The number of nitrogens with one attached hydrogen (secondary N) is 1. The summed E-state index contributed by atoms with van der Waals surface area (Å²) in [7, 11) is -2.44. The highest BCUT2D eigenvalue weighted by Gasteiger charge is 2.22. The van der Waals surface area contributed by atoms with Gasteiger partial charge in [0, 0.05) is 29.8 Å². The summed E-state index contributed by atoms with van der Waals surface area (Å²) in [6.45, 7) is 1.59. The van der Waals surface area contributed by atoms with Crippen molar-refractivity contribution in [3.63, 3.8) is 0 Å². The fraction of sp³-hybridized carbons (Fsp3) is 0.263. The van der Waals surface area contributed by atoms with E-state index in [9.17, 15) is 18.0 Å².